The lowest BCUT2D eigenvalue weighted by atomic mass is 10.4. The van der Waals surface area contributed by atoms with Crippen LogP contribution in [-0.2, 0) is 19.9 Å². The van der Waals surface area contributed by atoms with Gasteiger partial charge < -0.3 is 5.11 Å². The molecule has 0 unspecified atom stereocenters. The number of carbonyl (C=O) groups excluding carboxylic acids is 1. The molecular formula is C9H14N2O6S. The van der Waals surface area contributed by atoms with E-state index < -0.39 is 16.3 Å². The molecule has 1 fully saturated rings. The van der Waals surface area contributed by atoms with Gasteiger partial charge in [-0.2, -0.15) is 12.8 Å². The molecule has 0 aromatic carbocycles. The lowest BCUT2D eigenvalue weighted by molar-refractivity contribution is -0.134. The molecule has 0 aromatic rings. The first kappa shape index (κ1) is 16.1. The molecule has 8 nitrogen and oxygen atoms in total. The molecule has 0 radical (unpaired) electrons. The fourth-order valence-electron chi connectivity index (χ4n) is 1.16. The van der Waals surface area contributed by atoms with Crippen molar-refractivity contribution in [3.8, 4) is 0 Å². The van der Waals surface area contributed by atoms with E-state index in [1.165, 1.54) is 0 Å². The fourth-order valence-corrected chi connectivity index (χ4v) is 1.77. The summed E-state index contributed by atoms with van der Waals surface area (Å²) in [5.41, 5.74) is 0. The van der Waals surface area contributed by atoms with E-state index in [2.05, 4.69) is 13.2 Å². The van der Waals surface area contributed by atoms with Gasteiger partial charge in [0.05, 0.1) is 0 Å². The van der Waals surface area contributed by atoms with Crippen LogP contribution in [-0.4, -0.2) is 45.9 Å². The van der Waals surface area contributed by atoms with Gasteiger partial charge in [-0.25, -0.2) is 9.80 Å². The maximum atomic E-state index is 11.1. The van der Waals surface area contributed by atoms with Crippen LogP contribution in [0, 0.1) is 0 Å². The molecule has 0 saturated carbocycles. The summed E-state index contributed by atoms with van der Waals surface area (Å²) in [4.78, 5) is 20.3. The first-order valence-electron chi connectivity index (χ1n) is 4.79. The van der Waals surface area contributed by atoms with Crippen LogP contribution >= 0.6 is 0 Å². The van der Waals surface area contributed by atoms with Crippen LogP contribution in [0.2, 0.25) is 0 Å². The predicted octanol–water partition coefficient (Wildman–Crippen LogP) is 0.0291. The van der Waals surface area contributed by atoms with Gasteiger partial charge in [0.1, 0.15) is 0 Å². The highest BCUT2D eigenvalue weighted by atomic mass is 32.2. The molecule has 9 heteroatoms. The third-order valence-corrected chi connectivity index (χ3v) is 2.67. The van der Waals surface area contributed by atoms with E-state index >= 15 is 0 Å². The molecule has 18 heavy (non-hydrogen) atoms. The number of rotatable bonds is 4. The minimum absolute atomic E-state index is 0.282. The van der Waals surface area contributed by atoms with E-state index in [0.717, 1.165) is 17.3 Å². The Balaban J connectivity index is 0.000000494. The molecule has 1 saturated heterocycles. The summed E-state index contributed by atoms with van der Waals surface area (Å²) in [5, 5.41) is 8.55. The average Bonchev–Trinajstić information content (AvgIpc) is 2.65. The molecule has 1 aliphatic rings. The van der Waals surface area contributed by atoms with E-state index in [1.54, 1.807) is 0 Å². The summed E-state index contributed by atoms with van der Waals surface area (Å²) in [6, 6.07) is 0. The topological polar surface area (TPSA) is 115 Å². The normalized spacial score (nSPS) is 14.5. The van der Waals surface area contributed by atoms with Crippen LogP contribution in [0.1, 0.15) is 12.8 Å². The first-order valence-corrected chi connectivity index (χ1v) is 6.18. The molecule has 102 valence electrons. The zero-order valence-electron chi connectivity index (χ0n) is 9.52. The third-order valence-electron chi connectivity index (χ3n) is 1.85. The average molecular weight is 278 g/mol. The lowest BCUT2D eigenvalue weighted by Crippen LogP contribution is -2.43. The van der Waals surface area contributed by atoms with Crippen molar-refractivity contribution in [1.29, 1.82) is 0 Å². The molecule has 2 N–H and O–H groups in total. The van der Waals surface area contributed by atoms with Crippen molar-refractivity contribution in [1.82, 2.24) is 9.42 Å². The van der Waals surface area contributed by atoms with Crippen LogP contribution in [0.25, 0.3) is 0 Å². The van der Waals surface area contributed by atoms with Crippen molar-refractivity contribution in [2.24, 2.45) is 0 Å². The van der Waals surface area contributed by atoms with E-state index in [-0.39, 0.29) is 12.5 Å². The number of nitrogens with zero attached hydrogens (tertiary/aromatic N) is 2. The van der Waals surface area contributed by atoms with Gasteiger partial charge in [-0.05, 0) is 6.42 Å². The summed E-state index contributed by atoms with van der Waals surface area (Å²) >= 11 is 0. The lowest BCUT2D eigenvalue weighted by Gasteiger charge is -2.25. The molecule has 1 aliphatic heterocycles. The number of aliphatic carboxylic acids is 1. The van der Waals surface area contributed by atoms with E-state index in [0.29, 0.717) is 17.3 Å². The Labute approximate surface area is 105 Å². The van der Waals surface area contributed by atoms with Crippen molar-refractivity contribution in [3.05, 3.63) is 25.4 Å². The molecule has 1 heterocycles. The fraction of sp³-hybridized carbons (Fsp3) is 0.333. The summed E-state index contributed by atoms with van der Waals surface area (Å²) in [6.45, 7) is 6.44. The highest BCUT2D eigenvalue weighted by molar-refractivity contribution is 7.83. The largest absolute Gasteiger partial charge is 0.478 e. The number of amides is 1. The van der Waals surface area contributed by atoms with Gasteiger partial charge in [0, 0.05) is 25.2 Å². The second-order valence-electron chi connectivity index (χ2n) is 3.10. The Morgan fingerprint density at radius 2 is 1.94 bits per heavy atom. The minimum atomic E-state index is -4.41. The summed E-state index contributed by atoms with van der Waals surface area (Å²) in [7, 11) is -4.41. The second-order valence-corrected chi connectivity index (χ2v) is 4.37. The van der Waals surface area contributed by atoms with Crippen LogP contribution < -0.4 is 0 Å². The standard InChI is InChI=1S/C6H10N2O4S.C3H4O2/c1-2-8(13(10,11)12)7-5-3-4-6(7)9;1-2-3(4)5/h2H,1,3-5H2,(H,10,11,12);2H,1H2,(H,4,5). The molecule has 0 aliphatic carbocycles. The Hall–Kier alpha value is -1.87. The van der Waals surface area contributed by atoms with Crippen molar-refractivity contribution < 1.29 is 27.7 Å². The van der Waals surface area contributed by atoms with E-state index in [4.69, 9.17) is 9.66 Å². The maximum absolute atomic E-state index is 11.1. The number of hydrogen-bond donors (Lipinski definition) is 2. The maximum Gasteiger partial charge on any atom is 0.377 e. The van der Waals surface area contributed by atoms with Gasteiger partial charge in [-0.1, -0.05) is 13.2 Å². The van der Waals surface area contributed by atoms with Gasteiger partial charge >= 0.3 is 16.3 Å². The zero-order chi connectivity index (χ0) is 14.3. The third kappa shape index (κ3) is 4.97. The van der Waals surface area contributed by atoms with Crippen molar-refractivity contribution in [2.45, 2.75) is 12.8 Å². The number of hydrazine groups is 1. The SMILES string of the molecule is C=CC(=O)O.C=CN(N1CCCC1=O)S(=O)(=O)O. The number of hydrogen-bond acceptors (Lipinski definition) is 4. The Morgan fingerprint density at radius 3 is 2.17 bits per heavy atom. The number of carboxylic acids is 1. The molecule has 0 spiro atoms. The Morgan fingerprint density at radius 1 is 1.44 bits per heavy atom. The minimum Gasteiger partial charge on any atom is -0.478 e. The van der Waals surface area contributed by atoms with Crippen LogP contribution in [0.5, 0.6) is 0 Å². The quantitative estimate of drug-likeness (QED) is 0.553. The van der Waals surface area contributed by atoms with Gasteiger partial charge in [0.15, 0.2) is 0 Å². The smallest absolute Gasteiger partial charge is 0.377 e. The Kier molecular flexibility index (Phi) is 6.06. The van der Waals surface area contributed by atoms with Crippen molar-refractivity contribution in [2.75, 3.05) is 6.54 Å². The first-order chi connectivity index (χ1) is 8.23. The van der Waals surface area contributed by atoms with Crippen molar-refractivity contribution >= 4 is 22.2 Å². The number of carbonyl (C=O) groups is 2. The molecule has 1 rings (SSSR count). The second kappa shape index (κ2) is 6.77. The van der Waals surface area contributed by atoms with E-state index in [1.807, 2.05) is 0 Å². The summed E-state index contributed by atoms with van der Waals surface area (Å²) in [6.07, 6.45) is 2.59. The van der Waals surface area contributed by atoms with Crippen LogP contribution in [0.15, 0.2) is 25.4 Å². The zero-order valence-corrected chi connectivity index (χ0v) is 10.3. The predicted molar refractivity (Wildman–Crippen MR) is 62.4 cm³/mol. The highest BCUT2D eigenvalue weighted by Gasteiger charge is 2.30. The summed E-state index contributed by atoms with van der Waals surface area (Å²) in [5.74, 6) is -1.32. The van der Waals surface area contributed by atoms with Gasteiger partial charge in [-0.3, -0.25) is 9.35 Å². The van der Waals surface area contributed by atoms with Gasteiger partial charge in [0.25, 0.3) is 0 Å². The molecule has 0 atom stereocenters. The highest BCUT2D eigenvalue weighted by Crippen LogP contribution is 2.15. The summed E-state index contributed by atoms with van der Waals surface area (Å²) < 4.78 is 30.6. The van der Waals surface area contributed by atoms with E-state index in [9.17, 15) is 18.0 Å². The molecule has 0 bridgehead atoms. The molecule has 1 amide bonds. The van der Waals surface area contributed by atoms with Crippen LogP contribution in [0.3, 0.4) is 0 Å². The van der Waals surface area contributed by atoms with Crippen molar-refractivity contribution in [3.63, 3.8) is 0 Å². The molecule has 0 aromatic heterocycles. The monoisotopic (exact) mass is 278 g/mol. The van der Waals surface area contributed by atoms with Gasteiger partial charge in [-0.15, -0.1) is 0 Å². The number of carboxylic acid groups (broad SMARTS) is 1. The van der Waals surface area contributed by atoms with Crippen LogP contribution in [0.4, 0.5) is 0 Å². The van der Waals surface area contributed by atoms with Gasteiger partial charge in [0.2, 0.25) is 5.91 Å². The Bertz CT molecular complexity index is 444. The molecular weight excluding hydrogens is 264 g/mol.